The van der Waals surface area contributed by atoms with E-state index in [0.717, 1.165) is 16.3 Å². The van der Waals surface area contributed by atoms with Gasteiger partial charge in [0.1, 0.15) is 0 Å². The van der Waals surface area contributed by atoms with E-state index in [0.29, 0.717) is 21.8 Å². The molecule has 0 bridgehead atoms. The van der Waals surface area contributed by atoms with Gasteiger partial charge >= 0.3 is 0 Å². The zero-order chi connectivity index (χ0) is 14.3. The number of hydrogen-bond acceptors (Lipinski definition) is 2. The lowest BCUT2D eigenvalue weighted by Gasteiger charge is -2.16. The van der Waals surface area contributed by atoms with Crippen LogP contribution in [-0.4, -0.2) is 15.0 Å². The lowest BCUT2D eigenvalue weighted by atomic mass is 9.99. The molecule has 2 saturated carbocycles. The fraction of sp³-hybridized carbons (Fsp3) is 0.571. The van der Waals surface area contributed by atoms with E-state index in [-0.39, 0.29) is 0 Å². The van der Waals surface area contributed by atoms with E-state index >= 15 is 0 Å². The number of halogens is 2. The van der Waals surface area contributed by atoms with Crippen molar-refractivity contribution in [1.82, 2.24) is 4.72 Å². The Bertz CT molecular complexity index is 598. The van der Waals surface area contributed by atoms with Crippen molar-refractivity contribution in [1.29, 1.82) is 0 Å². The summed E-state index contributed by atoms with van der Waals surface area (Å²) >= 11 is 6.66. The first-order valence-corrected chi connectivity index (χ1v) is 9.99. The van der Waals surface area contributed by atoms with Gasteiger partial charge in [0.25, 0.3) is 0 Å². The van der Waals surface area contributed by atoms with Crippen molar-refractivity contribution in [2.45, 2.75) is 30.6 Å². The van der Waals surface area contributed by atoms with E-state index in [1.54, 1.807) is 18.2 Å². The van der Waals surface area contributed by atoms with Gasteiger partial charge < -0.3 is 0 Å². The van der Waals surface area contributed by atoms with Crippen molar-refractivity contribution in [3.8, 4) is 0 Å². The maximum atomic E-state index is 12.4. The molecule has 3 rings (SSSR count). The van der Waals surface area contributed by atoms with Crippen LogP contribution in [0.3, 0.4) is 0 Å². The fourth-order valence-electron chi connectivity index (χ4n) is 2.74. The van der Waals surface area contributed by atoms with E-state index in [4.69, 9.17) is 0 Å². The van der Waals surface area contributed by atoms with Crippen LogP contribution >= 0.6 is 31.9 Å². The normalized spacial score (nSPS) is 19.6. The molecule has 2 aliphatic rings. The Balaban J connectivity index is 1.71. The third-order valence-electron chi connectivity index (χ3n) is 4.15. The van der Waals surface area contributed by atoms with Gasteiger partial charge in [0.05, 0.1) is 4.90 Å². The van der Waals surface area contributed by atoms with Crippen LogP contribution in [0.2, 0.25) is 0 Å². The molecule has 110 valence electrons. The lowest BCUT2D eigenvalue weighted by molar-refractivity contribution is 0.401. The number of sulfonamides is 1. The van der Waals surface area contributed by atoms with E-state index in [1.807, 2.05) is 0 Å². The molecule has 1 aromatic carbocycles. The molecule has 0 amide bonds. The van der Waals surface area contributed by atoms with Crippen molar-refractivity contribution < 1.29 is 8.42 Å². The molecule has 0 heterocycles. The van der Waals surface area contributed by atoms with E-state index < -0.39 is 10.0 Å². The second kappa shape index (κ2) is 5.71. The maximum Gasteiger partial charge on any atom is 0.241 e. The fourth-order valence-corrected chi connectivity index (χ4v) is 5.56. The van der Waals surface area contributed by atoms with E-state index in [2.05, 4.69) is 36.6 Å². The van der Waals surface area contributed by atoms with E-state index in [1.165, 1.54) is 25.7 Å². The molecule has 0 spiro atoms. The van der Waals surface area contributed by atoms with Crippen molar-refractivity contribution in [2.75, 3.05) is 6.54 Å². The monoisotopic (exact) mass is 421 g/mol. The zero-order valence-corrected chi connectivity index (χ0v) is 15.0. The standard InChI is InChI=1S/C14H17Br2NO2S/c15-11-5-6-14(13(16)7-11)20(18,19)17-8-12(9-1-2-9)10-3-4-10/h5-7,9-10,12,17H,1-4,8H2. The molecule has 0 unspecified atom stereocenters. The highest BCUT2D eigenvalue weighted by Gasteiger charge is 2.41. The second-order valence-corrected chi connectivity index (χ2v) is 9.27. The molecule has 20 heavy (non-hydrogen) atoms. The Morgan fingerprint density at radius 3 is 2.25 bits per heavy atom. The smallest absolute Gasteiger partial charge is 0.211 e. The van der Waals surface area contributed by atoms with Crippen LogP contribution in [0.5, 0.6) is 0 Å². The molecular formula is C14H17Br2NO2S. The Morgan fingerprint density at radius 2 is 1.75 bits per heavy atom. The van der Waals surface area contributed by atoms with Crippen molar-refractivity contribution in [3.05, 3.63) is 27.1 Å². The molecule has 0 saturated heterocycles. The predicted molar refractivity (Wildman–Crippen MR) is 86.0 cm³/mol. The van der Waals surface area contributed by atoms with Gasteiger partial charge in [0.15, 0.2) is 0 Å². The quantitative estimate of drug-likeness (QED) is 0.754. The highest BCUT2D eigenvalue weighted by atomic mass is 79.9. The lowest BCUT2D eigenvalue weighted by Crippen LogP contribution is -2.31. The van der Waals surface area contributed by atoms with E-state index in [9.17, 15) is 8.42 Å². The number of hydrogen-bond donors (Lipinski definition) is 1. The minimum atomic E-state index is -3.43. The molecule has 0 aromatic heterocycles. The Hall–Kier alpha value is 0.0900. The summed E-state index contributed by atoms with van der Waals surface area (Å²) in [5, 5.41) is 0. The number of nitrogens with one attached hydrogen (secondary N) is 1. The Labute approximate surface area is 136 Å². The third kappa shape index (κ3) is 3.46. The summed E-state index contributed by atoms with van der Waals surface area (Å²) in [4.78, 5) is 0.311. The summed E-state index contributed by atoms with van der Waals surface area (Å²) in [5.41, 5.74) is 0. The third-order valence-corrected chi connectivity index (χ3v) is 7.04. The summed E-state index contributed by atoms with van der Waals surface area (Å²) in [7, 11) is -3.43. The van der Waals surface area contributed by atoms with Crippen LogP contribution in [-0.2, 0) is 10.0 Å². The average molecular weight is 423 g/mol. The number of benzene rings is 1. The number of rotatable bonds is 6. The molecule has 1 N–H and O–H groups in total. The zero-order valence-electron chi connectivity index (χ0n) is 11.0. The second-order valence-electron chi connectivity index (χ2n) is 5.77. The van der Waals surface area contributed by atoms with Gasteiger partial charge in [0.2, 0.25) is 10.0 Å². The van der Waals surface area contributed by atoms with Crippen LogP contribution in [0.1, 0.15) is 25.7 Å². The maximum absolute atomic E-state index is 12.4. The van der Waals surface area contributed by atoms with Crippen LogP contribution in [0.15, 0.2) is 32.0 Å². The molecule has 3 nitrogen and oxygen atoms in total. The van der Waals surface area contributed by atoms with Crippen LogP contribution in [0, 0.1) is 17.8 Å². The van der Waals surface area contributed by atoms with Crippen molar-refractivity contribution in [3.63, 3.8) is 0 Å². The summed E-state index contributed by atoms with van der Waals surface area (Å²) in [5.74, 6) is 2.04. The van der Waals surface area contributed by atoms with Gasteiger partial charge in [-0.25, -0.2) is 13.1 Å². The predicted octanol–water partition coefficient (Wildman–Crippen LogP) is 3.93. The molecule has 1 aromatic rings. The van der Waals surface area contributed by atoms with Gasteiger partial charge in [-0.15, -0.1) is 0 Å². The van der Waals surface area contributed by atoms with Crippen LogP contribution in [0.4, 0.5) is 0 Å². The van der Waals surface area contributed by atoms with Crippen molar-refractivity contribution >= 4 is 41.9 Å². The minimum absolute atomic E-state index is 0.311. The largest absolute Gasteiger partial charge is 0.241 e. The molecule has 0 aliphatic heterocycles. The van der Waals surface area contributed by atoms with Gasteiger partial charge in [0, 0.05) is 15.5 Å². The van der Waals surface area contributed by atoms with Gasteiger partial charge in [-0.05, 0) is 77.6 Å². The first kappa shape index (κ1) is 15.0. The van der Waals surface area contributed by atoms with Gasteiger partial charge in [-0.2, -0.15) is 0 Å². The molecule has 0 radical (unpaired) electrons. The summed E-state index contributed by atoms with van der Waals surface area (Å²) < 4.78 is 29.1. The topological polar surface area (TPSA) is 46.2 Å². The molecule has 2 fully saturated rings. The van der Waals surface area contributed by atoms with Crippen molar-refractivity contribution in [2.24, 2.45) is 17.8 Å². The van der Waals surface area contributed by atoms with Crippen LogP contribution < -0.4 is 4.72 Å². The highest BCUT2D eigenvalue weighted by molar-refractivity contribution is 9.11. The molecule has 2 aliphatic carbocycles. The average Bonchev–Trinajstić information content (AvgIpc) is 3.23. The molecular weight excluding hydrogens is 406 g/mol. The van der Waals surface area contributed by atoms with Gasteiger partial charge in [-0.1, -0.05) is 15.9 Å². The Kier molecular flexibility index (Phi) is 4.28. The van der Waals surface area contributed by atoms with Gasteiger partial charge in [-0.3, -0.25) is 0 Å². The summed E-state index contributed by atoms with van der Waals surface area (Å²) in [6.07, 6.45) is 5.07. The SMILES string of the molecule is O=S(=O)(NCC(C1CC1)C1CC1)c1ccc(Br)cc1Br. The van der Waals surface area contributed by atoms with Crippen LogP contribution in [0.25, 0.3) is 0 Å². The first-order valence-electron chi connectivity index (χ1n) is 6.92. The summed E-state index contributed by atoms with van der Waals surface area (Å²) in [6.45, 7) is 0.584. The Morgan fingerprint density at radius 1 is 1.15 bits per heavy atom. The highest BCUT2D eigenvalue weighted by Crippen LogP contribution is 2.48. The molecule has 0 atom stereocenters. The minimum Gasteiger partial charge on any atom is -0.211 e. The molecule has 6 heteroatoms. The first-order chi connectivity index (χ1) is 9.47. The summed E-state index contributed by atoms with van der Waals surface area (Å²) in [6, 6.07) is 5.13.